The summed E-state index contributed by atoms with van der Waals surface area (Å²) in [7, 11) is 2.07. The number of amides is 1. The van der Waals surface area contributed by atoms with Crippen molar-refractivity contribution in [2.24, 2.45) is 5.92 Å². The average molecular weight is 304 g/mol. The Hall–Kier alpha value is -1.35. The van der Waals surface area contributed by atoms with Crippen LogP contribution in [0.25, 0.3) is 0 Å². The highest BCUT2D eigenvalue weighted by Gasteiger charge is 2.30. The van der Waals surface area contributed by atoms with Crippen LogP contribution in [0.15, 0.2) is 30.3 Å². The van der Waals surface area contributed by atoms with Crippen molar-refractivity contribution in [3.8, 4) is 0 Å². The normalized spacial score (nSPS) is 13.9. The van der Waals surface area contributed by atoms with Crippen molar-refractivity contribution in [1.82, 2.24) is 9.80 Å². The second-order valence-electron chi connectivity index (χ2n) is 6.15. The first-order valence-corrected chi connectivity index (χ1v) is 8.57. The second-order valence-corrected chi connectivity index (χ2v) is 6.15. The van der Waals surface area contributed by atoms with Gasteiger partial charge in [-0.05, 0) is 31.9 Å². The minimum Gasteiger partial charge on any atom is -0.342 e. The summed E-state index contributed by atoms with van der Waals surface area (Å²) < 4.78 is 0. The molecule has 3 nitrogen and oxygen atoms in total. The van der Waals surface area contributed by atoms with Crippen LogP contribution in [0.2, 0.25) is 0 Å². The summed E-state index contributed by atoms with van der Waals surface area (Å²) in [5, 5.41) is 0. The summed E-state index contributed by atoms with van der Waals surface area (Å²) in [6.07, 6.45) is 2.02. The van der Waals surface area contributed by atoms with Crippen LogP contribution in [0.4, 0.5) is 0 Å². The average Bonchev–Trinajstić information content (AvgIpc) is 2.53. The highest BCUT2D eigenvalue weighted by atomic mass is 16.2. The van der Waals surface area contributed by atoms with E-state index in [2.05, 4.69) is 63.9 Å². The molecule has 0 bridgehead atoms. The Bertz CT molecular complexity index is 432. The molecule has 0 saturated heterocycles. The van der Waals surface area contributed by atoms with Gasteiger partial charge in [-0.2, -0.15) is 0 Å². The third-order valence-corrected chi connectivity index (χ3v) is 4.37. The Kier molecular flexibility index (Phi) is 8.18. The molecule has 0 spiro atoms. The number of rotatable bonds is 9. The predicted molar refractivity (Wildman–Crippen MR) is 93.7 cm³/mol. The zero-order valence-electron chi connectivity index (χ0n) is 14.9. The Labute approximate surface area is 136 Å². The molecule has 0 aliphatic carbocycles. The SMILES string of the molecule is CCCN(CC)C(=O)[C@H](C(C)CC)N(C)Cc1ccccc1. The fourth-order valence-electron chi connectivity index (χ4n) is 2.94. The minimum atomic E-state index is -0.0447. The number of hydrogen-bond acceptors (Lipinski definition) is 2. The van der Waals surface area contributed by atoms with E-state index in [4.69, 9.17) is 0 Å². The highest BCUT2D eigenvalue weighted by molar-refractivity contribution is 5.82. The van der Waals surface area contributed by atoms with Crippen molar-refractivity contribution in [2.75, 3.05) is 20.1 Å². The lowest BCUT2D eigenvalue weighted by molar-refractivity contribution is -0.138. The summed E-state index contributed by atoms with van der Waals surface area (Å²) in [5.74, 6) is 0.629. The van der Waals surface area contributed by atoms with E-state index in [0.29, 0.717) is 5.92 Å². The van der Waals surface area contributed by atoms with Gasteiger partial charge in [0.15, 0.2) is 0 Å². The van der Waals surface area contributed by atoms with Gasteiger partial charge in [-0.15, -0.1) is 0 Å². The number of benzene rings is 1. The number of carbonyl (C=O) groups is 1. The van der Waals surface area contributed by atoms with Crippen LogP contribution < -0.4 is 0 Å². The van der Waals surface area contributed by atoms with E-state index in [1.165, 1.54) is 5.56 Å². The maximum absolute atomic E-state index is 13.0. The molecule has 2 atom stereocenters. The van der Waals surface area contributed by atoms with Crippen molar-refractivity contribution >= 4 is 5.91 Å². The van der Waals surface area contributed by atoms with Crippen molar-refractivity contribution in [2.45, 2.75) is 53.1 Å². The van der Waals surface area contributed by atoms with Gasteiger partial charge >= 0.3 is 0 Å². The lowest BCUT2D eigenvalue weighted by atomic mass is 9.96. The van der Waals surface area contributed by atoms with Gasteiger partial charge in [-0.3, -0.25) is 9.69 Å². The van der Waals surface area contributed by atoms with Gasteiger partial charge in [0.25, 0.3) is 0 Å². The van der Waals surface area contributed by atoms with Gasteiger partial charge < -0.3 is 4.90 Å². The van der Waals surface area contributed by atoms with Gasteiger partial charge in [-0.25, -0.2) is 0 Å². The fourth-order valence-corrected chi connectivity index (χ4v) is 2.94. The molecule has 0 aromatic heterocycles. The van der Waals surface area contributed by atoms with Crippen LogP contribution in [-0.4, -0.2) is 41.9 Å². The summed E-state index contributed by atoms with van der Waals surface area (Å²) in [5.41, 5.74) is 1.25. The van der Waals surface area contributed by atoms with Crippen LogP contribution >= 0.6 is 0 Å². The van der Waals surface area contributed by atoms with Crippen molar-refractivity contribution in [3.63, 3.8) is 0 Å². The van der Waals surface area contributed by atoms with Crippen molar-refractivity contribution < 1.29 is 4.79 Å². The third-order valence-electron chi connectivity index (χ3n) is 4.37. The quantitative estimate of drug-likeness (QED) is 0.693. The first-order valence-electron chi connectivity index (χ1n) is 8.57. The van der Waals surface area contributed by atoms with Crippen LogP contribution in [0.1, 0.15) is 46.1 Å². The van der Waals surface area contributed by atoms with E-state index in [0.717, 1.165) is 32.5 Å². The molecule has 1 aromatic carbocycles. The van der Waals surface area contributed by atoms with Gasteiger partial charge in [-0.1, -0.05) is 57.5 Å². The molecule has 0 heterocycles. The Morgan fingerprint density at radius 2 is 1.77 bits per heavy atom. The monoisotopic (exact) mass is 304 g/mol. The van der Waals surface area contributed by atoms with E-state index >= 15 is 0 Å². The molecular weight excluding hydrogens is 272 g/mol. The molecule has 1 rings (SSSR count). The Morgan fingerprint density at radius 3 is 2.27 bits per heavy atom. The van der Waals surface area contributed by atoms with E-state index in [-0.39, 0.29) is 11.9 Å². The fraction of sp³-hybridized carbons (Fsp3) is 0.632. The van der Waals surface area contributed by atoms with Gasteiger partial charge in [0.05, 0.1) is 6.04 Å². The molecule has 0 N–H and O–H groups in total. The molecule has 0 aliphatic rings. The van der Waals surface area contributed by atoms with E-state index < -0.39 is 0 Å². The lowest BCUT2D eigenvalue weighted by Gasteiger charge is -2.35. The Balaban J connectivity index is 2.89. The van der Waals surface area contributed by atoms with Crippen LogP contribution in [0.5, 0.6) is 0 Å². The second kappa shape index (κ2) is 9.62. The topological polar surface area (TPSA) is 23.6 Å². The largest absolute Gasteiger partial charge is 0.342 e. The molecule has 124 valence electrons. The molecule has 0 aliphatic heterocycles. The van der Waals surface area contributed by atoms with Gasteiger partial charge in [0, 0.05) is 19.6 Å². The molecule has 3 heteroatoms. The summed E-state index contributed by atoms with van der Waals surface area (Å²) in [6, 6.07) is 10.3. The smallest absolute Gasteiger partial charge is 0.240 e. The lowest BCUT2D eigenvalue weighted by Crippen LogP contribution is -2.50. The standard InChI is InChI=1S/C19H32N2O/c1-6-14-21(8-3)19(22)18(16(4)7-2)20(5)15-17-12-10-9-11-13-17/h9-13,16,18H,6-8,14-15H2,1-5H3/t16?,18-/m0/s1. The molecule has 1 amide bonds. The first-order chi connectivity index (χ1) is 10.5. The highest BCUT2D eigenvalue weighted by Crippen LogP contribution is 2.19. The van der Waals surface area contributed by atoms with Crippen LogP contribution in [0.3, 0.4) is 0 Å². The zero-order valence-corrected chi connectivity index (χ0v) is 14.9. The predicted octanol–water partition coefficient (Wildman–Crippen LogP) is 3.79. The summed E-state index contributed by atoms with van der Waals surface area (Å²) >= 11 is 0. The Morgan fingerprint density at radius 1 is 1.14 bits per heavy atom. The van der Waals surface area contributed by atoms with E-state index in [1.807, 2.05) is 11.0 Å². The molecule has 0 saturated carbocycles. The number of carbonyl (C=O) groups excluding carboxylic acids is 1. The maximum Gasteiger partial charge on any atom is 0.240 e. The summed E-state index contributed by atoms with van der Waals surface area (Å²) in [4.78, 5) is 17.2. The van der Waals surface area contributed by atoms with Crippen molar-refractivity contribution in [3.05, 3.63) is 35.9 Å². The first kappa shape index (κ1) is 18.7. The van der Waals surface area contributed by atoms with E-state index in [9.17, 15) is 4.79 Å². The molecule has 0 fully saturated rings. The number of likely N-dealkylation sites (N-methyl/N-ethyl adjacent to an activating group) is 2. The number of hydrogen-bond donors (Lipinski definition) is 0. The van der Waals surface area contributed by atoms with E-state index in [1.54, 1.807) is 0 Å². The van der Waals surface area contributed by atoms with Crippen molar-refractivity contribution in [1.29, 1.82) is 0 Å². The van der Waals surface area contributed by atoms with Gasteiger partial charge in [0.2, 0.25) is 5.91 Å². The molecular formula is C19H32N2O. The number of nitrogens with zero attached hydrogens (tertiary/aromatic N) is 2. The zero-order chi connectivity index (χ0) is 16.5. The summed E-state index contributed by atoms with van der Waals surface area (Å²) in [6.45, 7) is 11.0. The third kappa shape index (κ3) is 5.13. The van der Waals surface area contributed by atoms with Gasteiger partial charge in [0.1, 0.15) is 0 Å². The van der Waals surface area contributed by atoms with Crippen LogP contribution in [-0.2, 0) is 11.3 Å². The molecule has 0 radical (unpaired) electrons. The maximum atomic E-state index is 13.0. The minimum absolute atomic E-state index is 0.0447. The molecule has 22 heavy (non-hydrogen) atoms. The molecule has 1 aromatic rings. The molecule has 1 unspecified atom stereocenters. The van der Waals surface area contributed by atoms with Crippen LogP contribution in [0, 0.1) is 5.92 Å².